The average molecular weight is 276 g/mol. The predicted molar refractivity (Wildman–Crippen MR) is 79.8 cm³/mol. The first-order valence-corrected chi connectivity index (χ1v) is 7.72. The summed E-state index contributed by atoms with van der Waals surface area (Å²) in [5, 5.41) is 9.28. The Bertz CT molecular complexity index is 485. The van der Waals surface area contributed by atoms with Crippen LogP contribution in [0.3, 0.4) is 0 Å². The molecule has 2 aliphatic rings. The molecule has 1 unspecified atom stereocenters. The number of nitrogens with two attached hydrogens (primary N) is 1. The molecule has 1 aliphatic carbocycles. The number of anilines is 2. The normalized spacial score (nSPS) is 23.1. The third-order valence-electron chi connectivity index (χ3n) is 4.48. The fraction of sp³-hybridized carbons (Fsp3) is 0.733. The predicted octanol–water partition coefficient (Wildman–Crippen LogP) is 1.99. The number of rotatable bonds is 4. The standard InChI is InChI=1S/C15H24N4O/c1-10-13(16)17-14(11-5-6-11)18-15(10)19-8-3-2-4-12(19)7-9-20/h11-12,20H,2-9H2,1H3,(H2,16,17,18). The number of piperidine rings is 1. The molecule has 1 atom stereocenters. The molecule has 5 nitrogen and oxygen atoms in total. The smallest absolute Gasteiger partial charge is 0.137 e. The Hall–Kier alpha value is -1.36. The van der Waals surface area contributed by atoms with Crippen LogP contribution in [0.25, 0.3) is 0 Å². The highest BCUT2D eigenvalue weighted by Crippen LogP contribution is 2.40. The summed E-state index contributed by atoms with van der Waals surface area (Å²) in [5.74, 6) is 3.04. The summed E-state index contributed by atoms with van der Waals surface area (Å²) in [6.07, 6.45) is 6.72. The van der Waals surface area contributed by atoms with Crippen molar-refractivity contribution in [1.82, 2.24) is 9.97 Å². The van der Waals surface area contributed by atoms with Gasteiger partial charge in [0.1, 0.15) is 17.5 Å². The molecule has 5 heteroatoms. The zero-order valence-corrected chi connectivity index (χ0v) is 12.2. The second kappa shape index (κ2) is 5.56. The van der Waals surface area contributed by atoms with Gasteiger partial charge in [-0.15, -0.1) is 0 Å². The lowest BCUT2D eigenvalue weighted by Gasteiger charge is -2.37. The Morgan fingerprint density at radius 3 is 2.75 bits per heavy atom. The Balaban J connectivity index is 1.93. The minimum absolute atomic E-state index is 0.232. The van der Waals surface area contributed by atoms with Gasteiger partial charge in [-0.25, -0.2) is 9.97 Å². The van der Waals surface area contributed by atoms with E-state index in [4.69, 9.17) is 10.7 Å². The zero-order chi connectivity index (χ0) is 14.1. The second-order valence-electron chi connectivity index (χ2n) is 6.05. The van der Waals surface area contributed by atoms with E-state index in [0.29, 0.717) is 17.8 Å². The van der Waals surface area contributed by atoms with Crippen molar-refractivity contribution in [3.63, 3.8) is 0 Å². The summed E-state index contributed by atoms with van der Waals surface area (Å²) < 4.78 is 0. The highest BCUT2D eigenvalue weighted by atomic mass is 16.3. The van der Waals surface area contributed by atoms with Crippen LogP contribution in [0.15, 0.2) is 0 Å². The Labute approximate surface area is 120 Å². The molecule has 1 saturated heterocycles. The van der Waals surface area contributed by atoms with Gasteiger partial charge in [0.05, 0.1) is 0 Å². The summed E-state index contributed by atoms with van der Waals surface area (Å²) in [7, 11) is 0. The van der Waals surface area contributed by atoms with E-state index in [-0.39, 0.29) is 6.61 Å². The molecule has 0 radical (unpaired) electrons. The van der Waals surface area contributed by atoms with Gasteiger partial charge in [0.25, 0.3) is 0 Å². The van der Waals surface area contributed by atoms with Gasteiger partial charge in [0.2, 0.25) is 0 Å². The van der Waals surface area contributed by atoms with Gasteiger partial charge >= 0.3 is 0 Å². The number of hydrogen-bond donors (Lipinski definition) is 2. The largest absolute Gasteiger partial charge is 0.396 e. The third-order valence-corrected chi connectivity index (χ3v) is 4.48. The SMILES string of the molecule is Cc1c(N)nc(C2CC2)nc1N1CCCCC1CCO. The molecular weight excluding hydrogens is 252 g/mol. The quantitative estimate of drug-likeness (QED) is 0.879. The first kappa shape index (κ1) is 13.6. The summed E-state index contributed by atoms with van der Waals surface area (Å²) >= 11 is 0. The molecule has 0 bridgehead atoms. The third kappa shape index (κ3) is 2.59. The van der Waals surface area contributed by atoms with Crippen LogP contribution >= 0.6 is 0 Å². The van der Waals surface area contributed by atoms with Crippen molar-refractivity contribution in [2.24, 2.45) is 0 Å². The Morgan fingerprint density at radius 2 is 2.05 bits per heavy atom. The van der Waals surface area contributed by atoms with Crippen LogP contribution in [0, 0.1) is 6.92 Å². The van der Waals surface area contributed by atoms with E-state index in [2.05, 4.69) is 9.88 Å². The average Bonchev–Trinajstić information content (AvgIpc) is 3.27. The fourth-order valence-electron chi connectivity index (χ4n) is 3.07. The number of hydrogen-bond acceptors (Lipinski definition) is 5. The lowest BCUT2D eigenvalue weighted by atomic mass is 9.99. The van der Waals surface area contributed by atoms with E-state index in [1.165, 1.54) is 25.7 Å². The van der Waals surface area contributed by atoms with Gasteiger partial charge in [0.15, 0.2) is 0 Å². The molecule has 1 aliphatic heterocycles. The number of aromatic nitrogens is 2. The molecule has 20 heavy (non-hydrogen) atoms. The van der Waals surface area contributed by atoms with Crippen LogP contribution in [0.4, 0.5) is 11.6 Å². The van der Waals surface area contributed by atoms with Crippen LogP contribution in [0.1, 0.15) is 55.8 Å². The van der Waals surface area contributed by atoms with Crippen LogP contribution in [0.2, 0.25) is 0 Å². The van der Waals surface area contributed by atoms with Gasteiger partial charge < -0.3 is 15.7 Å². The molecule has 1 aromatic rings. The Kier molecular flexibility index (Phi) is 3.78. The lowest BCUT2D eigenvalue weighted by Crippen LogP contribution is -2.41. The van der Waals surface area contributed by atoms with Crippen molar-refractivity contribution >= 4 is 11.6 Å². The van der Waals surface area contributed by atoms with Crippen molar-refractivity contribution in [3.8, 4) is 0 Å². The molecule has 0 spiro atoms. The number of nitrogens with zero attached hydrogens (tertiary/aromatic N) is 3. The number of aliphatic hydroxyl groups is 1. The van der Waals surface area contributed by atoms with Crippen LogP contribution < -0.4 is 10.6 Å². The summed E-state index contributed by atoms with van der Waals surface area (Å²) in [6.45, 7) is 3.24. The van der Waals surface area contributed by atoms with E-state index in [0.717, 1.165) is 36.6 Å². The zero-order valence-electron chi connectivity index (χ0n) is 12.2. The molecule has 110 valence electrons. The van der Waals surface area contributed by atoms with Crippen molar-refractivity contribution in [3.05, 3.63) is 11.4 Å². The summed E-state index contributed by atoms with van der Waals surface area (Å²) in [6, 6.07) is 0.383. The maximum absolute atomic E-state index is 9.28. The topological polar surface area (TPSA) is 75.3 Å². The van der Waals surface area contributed by atoms with Crippen molar-refractivity contribution in [2.75, 3.05) is 23.8 Å². The molecule has 1 saturated carbocycles. The molecule has 2 fully saturated rings. The molecule has 0 amide bonds. The van der Waals surface area contributed by atoms with E-state index >= 15 is 0 Å². The molecule has 3 N–H and O–H groups in total. The van der Waals surface area contributed by atoms with Gasteiger partial charge in [-0.3, -0.25) is 0 Å². The van der Waals surface area contributed by atoms with E-state index < -0.39 is 0 Å². The monoisotopic (exact) mass is 276 g/mol. The highest BCUT2D eigenvalue weighted by Gasteiger charge is 2.30. The van der Waals surface area contributed by atoms with Crippen LogP contribution in [-0.4, -0.2) is 34.3 Å². The first-order valence-electron chi connectivity index (χ1n) is 7.72. The maximum Gasteiger partial charge on any atom is 0.137 e. The maximum atomic E-state index is 9.28. The molecule has 2 heterocycles. The minimum Gasteiger partial charge on any atom is -0.396 e. The van der Waals surface area contributed by atoms with E-state index in [9.17, 15) is 5.11 Å². The van der Waals surface area contributed by atoms with Crippen molar-refractivity contribution in [1.29, 1.82) is 0 Å². The van der Waals surface area contributed by atoms with Gasteiger partial charge in [-0.2, -0.15) is 0 Å². The minimum atomic E-state index is 0.232. The molecular formula is C15H24N4O. The first-order chi connectivity index (χ1) is 9.70. The number of nitrogen functional groups attached to an aromatic ring is 1. The summed E-state index contributed by atoms with van der Waals surface area (Å²) in [5.41, 5.74) is 7.07. The molecule has 0 aromatic carbocycles. The number of aliphatic hydroxyl groups excluding tert-OH is 1. The molecule has 3 rings (SSSR count). The highest BCUT2D eigenvalue weighted by molar-refractivity contribution is 5.57. The lowest BCUT2D eigenvalue weighted by molar-refractivity contribution is 0.262. The van der Waals surface area contributed by atoms with Crippen molar-refractivity contribution in [2.45, 2.75) is 57.4 Å². The van der Waals surface area contributed by atoms with Gasteiger partial charge in [0, 0.05) is 30.7 Å². The van der Waals surface area contributed by atoms with Crippen LogP contribution in [0.5, 0.6) is 0 Å². The second-order valence-corrected chi connectivity index (χ2v) is 6.05. The summed E-state index contributed by atoms with van der Waals surface area (Å²) in [4.78, 5) is 11.6. The van der Waals surface area contributed by atoms with E-state index in [1.807, 2.05) is 6.92 Å². The van der Waals surface area contributed by atoms with Crippen molar-refractivity contribution < 1.29 is 5.11 Å². The molecule has 1 aromatic heterocycles. The Morgan fingerprint density at radius 1 is 1.25 bits per heavy atom. The van der Waals surface area contributed by atoms with E-state index in [1.54, 1.807) is 0 Å². The van der Waals surface area contributed by atoms with Gasteiger partial charge in [-0.05, 0) is 45.4 Å². The van der Waals surface area contributed by atoms with Crippen LogP contribution in [-0.2, 0) is 0 Å². The fourth-order valence-corrected chi connectivity index (χ4v) is 3.07. The van der Waals surface area contributed by atoms with Gasteiger partial charge in [-0.1, -0.05) is 0 Å².